The molecule has 196 valence electrons. The van der Waals surface area contributed by atoms with Crippen LogP contribution in [0.5, 0.6) is 0 Å². The minimum absolute atomic E-state index is 0.0269. The molecule has 1 aromatic heterocycles. The number of aryl methyl sites for hydroxylation is 1. The number of amides is 1. The van der Waals surface area contributed by atoms with Crippen molar-refractivity contribution in [2.24, 2.45) is 11.3 Å². The standard InChI is InChI=1S/C32H40N2O3/c1-20(2)21-11-13-25-22(17-21)12-14-28-31(25,3)15-8-16-32(28,4)30(36)34-27(29(35)37-5)18-23-19-33-26-10-7-6-9-24(23)26/h6-7,9-11,13,17,19-20,27-28,33H,8,12,14-16,18H2,1-5H3,(H,34,36)/t27-,28-,31-,32-/m1/s1. The third-order valence-electron chi connectivity index (χ3n) is 9.45. The lowest BCUT2D eigenvalue weighted by atomic mass is 9.49. The molecule has 2 aliphatic rings. The summed E-state index contributed by atoms with van der Waals surface area (Å²) >= 11 is 0. The second-order valence-corrected chi connectivity index (χ2v) is 12.0. The number of aromatic nitrogens is 1. The van der Waals surface area contributed by atoms with Gasteiger partial charge in [0.25, 0.3) is 0 Å². The summed E-state index contributed by atoms with van der Waals surface area (Å²) in [6.45, 7) is 8.97. The normalized spacial score (nSPS) is 25.8. The van der Waals surface area contributed by atoms with Crippen molar-refractivity contribution in [1.82, 2.24) is 10.3 Å². The lowest BCUT2D eigenvalue weighted by Crippen LogP contribution is -2.57. The fraction of sp³-hybridized carbons (Fsp3) is 0.500. The third-order valence-corrected chi connectivity index (χ3v) is 9.45. The average Bonchev–Trinajstić information content (AvgIpc) is 3.30. The second kappa shape index (κ2) is 9.66. The van der Waals surface area contributed by atoms with Crippen LogP contribution in [0.4, 0.5) is 0 Å². The van der Waals surface area contributed by atoms with Gasteiger partial charge in [0.05, 0.1) is 12.5 Å². The Morgan fingerprint density at radius 3 is 2.68 bits per heavy atom. The summed E-state index contributed by atoms with van der Waals surface area (Å²) in [5.41, 5.74) is 5.66. The maximum atomic E-state index is 14.1. The van der Waals surface area contributed by atoms with Crippen LogP contribution in [0.3, 0.4) is 0 Å². The number of fused-ring (bicyclic) bond motifs is 4. The summed E-state index contributed by atoms with van der Waals surface area (Å²) in [7, 11) is 1.39. The average molecular weight is 501 g/mol. The van der Waals surface area contributed by atoms with Gasteiger partial charge in [0.2, 0.25) is 5.91 Å². The topological polar surface area (TPSA) is 71.2 Å². The molecule has 5 heteroatoms. The number of para-hydroxylation sites is 1. The number of rotatable bonds is 6. The molecule has 4 atom stereocenters. The highest BCUT2D eigenvalue weighted by atomic mass is 16.5. The molecule has 1 amide bonds. The zero-order valence-corrected chi connectivity index (χ0v) is 22.8. The van der Waals surface area contributed by atoms with Crippen molar-refractivity contribution in [2.75, 3.05) is 7.11 Å². The van der Waals surface area contributed by atoms with E-state index in [1.54, 1.807) is 0 Å². The van der Waals surface area contributed by atoms with Gasteiger partial charge in [0.1, 0.15) is 6.04 Å². The number of hydrogen-bond acceptors (Lipinski definition) is 3. The van der Waals surface area contributed by atoms with Crippen LogP contribution in [0.15, 0.2) is 48.7 Å². The van der Waals surface area contributed by atoms with Gasteiger partial charge in [-0.05, 0) is 71.3 Å². The molecule has 0 saturated heterocycles. The lowest BCUT2D eigenvalue weighted by molar-refractivity contribution is -0.149. The number of methoxy groups -OCH3 is 1. The molecule has 5 rings (SSSR count). The van der Waals surface area contributed by atoms with Gasteiger partial charge in [-0.15, -0.1) is 0 Å². The lowest BCUT2D eigenvalue weighted by Gasteiger charge is -2.54. The summed E-state index contributed by atoms with van der Waals surface area (Å²) in [6.07, 6.45) is 7.21. The molecule has 0 aliphatic heterocycles. The van der Waals surface area contributed by atoms with E-state index in [9.17, 15) is 9.59 Å². The Morgan fingerprint density at radius 1 is 1.14 bits per heavy atom. The van der Waals surface area contributed by atoms with Gasteiger partial charge in [0.15, 0.2) is 0 Å². The minimum Gasteiger partial charge on any atom is -0.467 e. The second-order valence-electron chi connectivity index (χ2n) is 12.0. The molecule has 0 unspecified atom stereocenters. The molecule has 2 N–H and O–H groups in total. The number of hydrogen-bond donors (Lipinski definition) is 2. The highest BCUT2D eigenvalue weighted by Crippen LogP contribution is 2.57. The third kappa shape index (κ3) is 4.36. The maximum Gasteiger partial charge on any atom is 0.328 e. The van der Waals surface area contributed by atoms with Crippen LogP contribution in [0.2, 0.25) is 0 Å². The number of benzene rings is 2. The highest BCUT2D eigenvalue weighted by Gasteiger charge is 2.55. The van der Waals surface area contributed by atoms with Crippen LogP contribution in [-0.4, -0.2) is 30.0 Å². The molecular weight excluding hydrogens is 460 g/mol. The van der Waals surface area contributed by atoms with Crippen molar-refractivity contribution < 1.29 is 14.3 Å². The van der Waals surface area contributed by atoms with Crippen molar-refractivity contribution in [3.63, 3.8) is 0 Å². The van der Waals surface area contributed by atoms with Crippen LogP contribution in [0.1, 0.15) is 81.5 Å². The van der Waals surface area contributed by atoms with E-state index in [4.69, 9.17) is 4.74 Å². The van der Waals surface area contributed by atoms with Gasteiger partial charge in [-0.3, -0.25) is 4.79 Å². The zero-order chi connectivity index (χ0) is 26.4. The van der Waals surface area contributed by atoms with Gasteiger partial charge in [-0.2, -0.15) is 0 Å². The van der Waals surface area contributed by atoms with Gasteiger partial charge >= 0.3 is 5.97 Å². The highest BCUT2D eigenvalue weighted by molar-refractivity contribution is 5.89. The Bertz CT molecular complexity index is 1320. The Kier molecular flexibility index (Phi) is 6.68. The van der Waals surface area contributed by atoms with E-state index >= 15 is 0 Å². The Labute approximate surface area is 220 Å². The van der Waals surface area contributed by atoms with E-state index < -0.39 is 17.4 Å². The summed E-state index contributed by atoms with van der Waals surface area (Å²) in [5, 5.41) is 4.21. The summed E-state index contributed by atoms with van der Waals surface area (Å²) in [4.78, 5) is 30.2. The molecule has 0 spiro atoms. The van der Waals surface area contributed by atoms with Gasteiger partial charge < -0.3 is 15.0 Å². The zero-order valence-electron chi connectivity index (χ0n) is 22.8. The summed E-state index contributed by atoms with van der Waals surface area (Å²) < 4.78 is 5.13. The number of carbonyl (C=O) groups is 2. The number of carbonyl (C=O) groups excluding carboxylic acids is 2. The first-order valence-electron chi connectivity index (χ1n) is 13.7. The first-order valence-corrected chi connectivity index (χ1v) is 13.7. The van der Waals surface area contributed by atoms with Crippen LogP contribution < -0.4 is 5.32 Å². The van der Waals surface area contributed by atoms with E-state index in [-0.39, 0.29) is 17.2 Å². The van der Waals surface area contributed by atoms with Gasteiger partial charge in [-0.1, -0.05) is 70.5 Å². The molecule has 0 radical (unpaired) electrons. The maximum absolute atomic E-state index is 14.1. The predicted molar refractivity (Wildman–Crippen MR) is 148 cm³/mol. The number of nitrogens with one attached hydrogen (secondary N) is 2. The quantitative estimate of drug-likeness (QED) is 0.396. The first kappa shape index (κ1) is 25.6. The molecule has 2 aromatic carbocycles. The van der Waals surface area contributed by atoms with Gasteiger partial charge in [-0.25, -0.2) is 4.79 Å². The number of aromatic amines is 1. The van der Waals surface area contributed by atoms with Crippen molar-refractivity contribution in [3.05, 3.63) is 70.9 Å². The minimum atomic E-state index is -0.730. The molecule has 1 heterocycles. The molecule has 3 aromatic rings. The Morgan fingerprint density at radius 2 is 1.92 bits per heavy atom. The molecule has 0 bridgehead atoms. The summed E-state index contributed by atoms with van der Waals surface area (Å²) in [6, 6.07) is 14.3. The molecule has 2 aliphatic carbocycles. The number of esters is 1. The Hall–Kier alpha value is -3.08. The number of ether oxygens (including phenoxy) is 1. The van der Waals surface area contributed by atoms with Crippen molar-refractivity contribution in [1.29, 1.82) is 0 Å². The van der Waals surface area contributed by atoms with Crippen LogP contribution >= 0.6 is 0 Å². The first-order chi connectivity index (χ1) is 17.7. The number of H-pyrrole nitrogens is 1. The molecular formula is C32H40N2O3. The monoisotopic (exact) mass is 500 g/mol. The smallest absolute Gasteiger partial charge is 0.328 e. The predicted octanol–water partition coefficient (Wildman–Crippen LogP) is 6.20. The van der Waals surface area contributed by atoms with E-state index in [1.807, 2.05) is 30.5 Å². The van der Waals surface area contributed by atoms with Crippen LogP contribution in [0, 0.1) is 11.3 Å². The van der Waals surface area contributed by atoms with Gasteiger partial charge in [0, 0.05) is 23.5 Å². The molecule has 1 saturated carbocycles. The van der Waals surface area contributed by atoms with Crippen LogP contribution in [0.25, 0.3) is 10.9 Å². The van der Waals surface area contributed by atoms with E-state index in [2.05, 4.69) is 56.2 Å². The van der Waals surface area contributed by atoms with Crippen LogP contribution in [-0.2, 0) is 32.6 Å². The molecule has 5 nitrogen and oxygen atoms in total. The molecule has 1 fully saturated rings. The van der Waals surface area contributed by atoms with Crippen molar-refractivity contribution in [2.45, 2.75) is 83.6 Å². The van der Waals surface area contributed by atoms with E-state index in [0.717, 1.165) is 48.6 Å². The van der Waals surface area contributed by atoms with Crippen molar-refractivity contribution in [3.8, 4) is 0 Å². The van der Waals surface area contributed by atoms with Crippen molar-refractivity contribution >= 4 is 22.8 Å². The fourth-order valence-electron chi connectivity index (χ4n) is 7.32. The largest absolute Gasteiger partial charge is 0.467 e. The summed E-state index contributed by atoms with van der Waals surface area (Å²) in [5.74, 6) is 0.292. The fourth-order valence-corrected chi connectivity index (χ4v) is 7.32. The van der Waals surface area contributed by atoms with E-state index in [0.29, 0.717) is 12.3 Å². The van der Waals surface area contributed by atoms with E-state index in [1.165, 1.54) is 23.8 Å². The Balaban J connectivity index is 1.42. The SMILES string of the molecule is COC(=O)[C@@H](Cc1c[nH]c2ccccc12)NC(=O)[C@]1(C)CCC[C@]2(C)c3ccc(C(C)C)cc3CC[C@@H]12. The molecule has 37 heavy (non-hydrogen) atoms.